The van der Waals surface area contributed by atoms with Gasteiger partial charge in [-0.3, -0.25) is 9.48 Å². The summed E-state index contributed by atoms with van der Waals surface area (Å²) in [6.07, 6.45) is 1.22. The van der Waals surface area contributed by atoms with Crippen molar-refractivity contribution in [3.05, 3.63) is 45.8 Å². The molecule has 1 amide bonds. The number of hydrogen-bond donors (Lipinski definition) is 2. The molecule has 0 spiro atoms. The number of aryl methyl sites for hydroxylation is 2. The molecule has 3 aromatic rings. The van der Waals surface area contributed by atoms with Gasteiger partial charge in [0.1, 0.15) is 4.90 Å². The molecule has 24 heavy (non-hydrogen) atoms. The largest absolute Gasteiger partial charge is 0.347 e. The lowest BCUT2D eigenvalue weighted by atomic mass is 10.3. The van der Waals surface area contributed by atoms with Crippen molar-refractivity contribution in [2.75, 3.05) is 0 Å². The number of sulfonamides is 1. The van der Waals surface area contributed by atoms with Crippen molar-refractivity contribution in [3.8, 4) is 0 Å². The summed E-state index contributed by atoms with van der Waals surface area (Å²) in [5, 5.41) is 9.99. The monoisotopic (exact) mass is 350 g/mol. The molecule has 126 valence electrons. The molecule has 0 aliphatic heterocycles. The number of aromatic amines is 1. The third-order valence-corrected chi connectivity index (χ3v) is 5.19. The van der Waals surface area contributed by atoms with Crippen LogP contribution in [0.15, 0.2) is 28.0 Å². The van der Waals surface area contributed by atoms with E-state index in [9.17, 15) is 18.0 Å². The van der Waals surface area contributed by atoms with Crippen LogP contribution in [0.1, 0.15) is 21.7 Å². The van der Waals surface area contributed by atoms with Gasteiger partial charge in [0.15, 0.2) is 5.65 Å². The van der Waals surface area contributed by atoms with E-state index in [2.05, 4.69) is 15.3 Å². The van der Waals surface area contributed by atoms with E-state index in [1.54, 1.807) is 20.9 Å². The van der Waals surface area contributed by atoms with E-state index in [1.165, 1.54) is 23.0 Å². The number of nitrogens with zero attached hydrogens (tertiary/aromatic N) is 4. The van der Waals surface area contributed by atoms with Crippen LogP contribution in [0.3, 0.4) is 0 Å². The average molecular weight is 350 g/mol. The lowest BCUT2D eigenvalue weighted by Crippen LogP contribution is -2.31. The minimum Gasteiger partial charge on any atom is -0.271 e. The molecule has 0 saturated carbocycles. The minimum atomic E-state index is -4.09. The van der Waals surface area contributed by atoms with E-state index in [-0.39, 0.29) is 16.2 Å². The van der Waals surface area contributed by atoms with Crippen LogP contribution in [-0.2, 0) is 17.1 Å². The van der Waals surface area contributed by atoms with E-state index in [4.69, 9.17) is 0 Å². The van der Waals surface area contributed by atoms with Crippen molar-refractivity contribution in [2.24, 2.45) is 7.05 Å². The highest BCUT2D eigenvalue weighted by Crippen LogP contribution is 2.18. The van der Waals surface area contributed by atoms with Crippen LogP contribution >= 0.6 is 0 Å². The van der Waals surface area contributed by atoms with Crippen LogP contribution in [-0.4, -0.2) is 38.7 Å². The first-order valence-corrected chi connectivity index (χ1v) is 8.33. The second kappa shape index (κ2) is 5.30. The zero-order valence-electron chi connectivity index (χ0n) is 13.1. The molecule has 0 aromatic carbocycles. The van der Waals surface area contributed by atoms with Gasteiger partial charge in [-0.2, -0.15) is 10.2 Å². The molecule has 0 aliphatic carbocycles. The summed E-state index contributed by atoms with van der Waals surface area (Å²) in [6, 6.07) is 2.81. The van der Waals surface area contributed by atoms with Gasteiger partial charge in [-0.1, -0.05) is 0 Å². The van der Waals surface area contributed by atoms with Gasteiger partial charge < -0.3 is 0 Å². The van der Waals surface area contributed by atoms with Crippen LogP contribution in [0.5, 0.6) is 0 Å². The molecule has 2 N–H and O–H groups in total. The molecule has 0 bridgehead atoms. The van der Waals surface area contributed by atoms with Crippen LogP contribution in [0.2, 0.25) is 0 Å². The average Bonchev–Trinajstić information content (AvgIpc) is 2.99. The molecule has 0 unspecified atom stereocenters. The molecule has 0 fully saturated rings. The fourth-order valence-electron chi connectivity index (χ4n) is 2.42. The highest BCUT2D eigenvalue weighted by Gasteiger charge is 2.26. The minimum absolute atomic E-state index is 0.00812. The maximum Gasteiger partial charge on any atom is 0.347 e. The summed E-state index contributed by atoms with van der Waals surface area (Å²) in [5.41, 5.74) is 0.500. The van der Waals surface area contributed by atoms with Gasteiger partial charge in [-0.05, 0) is 26.0 Å². The summed E-state index contributed by atoms with van der Waals surface area (Å²) >= 11 is 0. The van der Waals surface area contributed by atoms with E-state index in [1.807, 2.05) is 4.72 Å². The summed E-state index contributed by atoms with van der Waals surface area (Å²) in [5.74, 6) is -0.854. The highest BCUT2D eigenvalue weighted by molar-refractivity contribution is 7.90. The van der Waals surface area contributed by atoms with E-state index in [0.717, 1.165) is 4.40 Å². The molecule has 11 heteroatoms. The molecule has 0 saturated heterocycles. The molecule has 0 aliphatic rings. The summed E-state index contributed by atoms with van der Waals surface area (Å²) in [4.78, 5) is 23.8. The smallest absolute Gasteiger partial charge is 0.271 e. The quantitative estimate of drug-likeness (QED) is 0.654. The number of hydrogen-bond acceptors (Lipinski definition) is 6. The number of fused-ring (bicyclic) bond motifs is 1. The zero-order chi connectivity index (χ0) is 17.6. The van der Waals surface area contributed by atoms with Crippen LogP contribution in [0, 0.1) is 13.8 Å². The number of pyridine rings is 1. The van der Waals surface area contributed by atoms with Gasteiger partial charge in [-0.25, -0.2) is 27.4 Å². The molecular weight excluding hydrogens is 336 g/mol. The zero-order valence-corrected chi connectivity index (χ0v) is 13.9. The predicted octanol–water partition coefficient (Wildman–Crippen LogP) is -0.508. The van der Waals surface area contributed by atoms with Crippen molar-refractivity contribution in [1.29, 1.82) is 0 Å². The number of H-pyrrole nitrogens is 1. The number of carbonyl (C=O) groups excluding carboxylic acids is 1. The third kappa shape index (κ3) is 2.48. The predicted molar refractivity (Wildman–Crippen MR) is 83.1 cm³/mol. The Kier molecular flexibility index (Phi) is 3.52. The molecule has 0 radical (unpaired) electrons. The number of aromatic nitrogens is 5. The number of amides is 1. The first kappa shape index (κ1) is 15.9. The Morgan fingerprint density at radius 1 is 1.29 bits per heavy atom. The maximum atomic E-state index is 12.5. The molecule has 10 nitrogen and oxygen atoms in total. The SMILES string of the molecule is Cc1nn(C)c(C)c1S(=O)(=O)NC(=O)c1ccc2n[nH]c(=O)n2c1. The summed E-state index contributed by atoms with van der Waals surface area (Å²) < 4.78 is 29.5. The second-order valence-electron chi connectivity index (χ2n) is 5.23. The lowest BCUT2D eigenvalue weighted by molar-refractivity contribution is 0.0981. The lowest BCUT2D eigenvalue weighted by Gasteiger charge is -2.07. The first-order valence-electron chi connectivity index (χ1n) is 6.85. The van der Waals surface area contributed by atoms with Crippen LogP contribution < -0.4 is 10.4 Å². The van der Waals surface area contributed by atoms with Gasteiger partial charge in [0.05, 0.1) is 17.0 Å². The molecular formula is C13H14N6O4S. The Morgan fingerprint density at radius 3 is 2.62 bits per heavy atom. The van der Waals surface area contributed by atoms with Gasteiger partial charge >= 0.3 is 5.69 Å². The Bertz CT molecular complexity index is 1120. The topological polar surface area (TPSA) is 131 Å². The van der Waals surface area contributed by atoms with Crippen molar-refractivity contribution < 1.29 is 13.2 Å². The van der Waals surface area contributed by atoms with Gasteiger partial charge in [0, 0.05) is 13.2 Å². The van der Waals surface area contributed by atoms with Crippen LogP contribution in [0.4, 0.5) is 0 Å². The number of nitrogens with one attached hydrogen (secondary N) is 2. The first-order chi connectivity index (χ1) is 11.2. The second-order valence-corrected chi connectivity index (χ2v) is 6.85. The van der Waals surface area contributed by atoms with E-state index in [0.29, 0.717) is 11.3 Å². The highest BCUT2D eigenvalue weighted by atomic mass is 32.2. The van der Waals surface area contributed by atoms with E-state index >= 15 is 0 Å². The third-order valence-electron chi connectivity index (χ3n) is 3.61. The number of carbonyl (C=O) groups is 1. The van der Waals surface area contributed by atoms with Crippen molar-refractivity contribution in [2.45, 2.75) is 18.7 Å². The normalized spacial score (nSPS) is 11.8. The Balaban J connectivity index is 1.98. The standard InChI is InChI=1S/C13H14N6O4S/c1-7-11(8(2)18(3)16-7)24(22,23)17-12(20)9-4-5-10-14-15-13(21)19(10)6-9/h4-6H,1-3H3,(H,15,21)(H,17,20). The van der Waals surface area contributed by atoms with Gasteiger partial charge in [0.25, 0.3) is 15.9 Å². The fraction of sp³-hybridized carbons (Fsp3) is 0.231. The van der Waals surface area contributed by atoms with Crippen molar-refractivity contribution >= 4 is 21.6 Å². The van der Waals surface area contributed by atoms with Crippen molar-refractivity contribution in [1.82, 2.24) is 29.1 Å². The summed E-state index contributed by atoms with van der Waals surface area (Å²) in [6.45, 7) is 3.14. The van der Waals surface area contributed by atoms with Crippen LogP contribution in [0.25, 0.3) is 5.65 Å². The molecule has 3 aromatic heterocycles. The van der Waals surface area contributed by atoms with Gasteiger partial charge in [-0.15, -0.1) is 0 Å². The summed E-state index contributed by atoms with van der Waals surface area (Å²) in [7, 11) is -2.48. The van der Waals surface area contributed by atoms with Gasteiger partial charge in [0.2, 0.25) is 0 Å². The fourth-order valence-corrected chi connectivity index (χ4v) is 3.83. The molecule has 3 rings (SSSR count). The molecule has 0 atom stereocenters. The maximum absolute atomic E-state index is 12.5. The number of rotatable bonds is 3. The molecule has 3 heterocycles. The Labute approximate surface area is 136 Å². The van der Waals surface area contributed by atoms with E-state index < -0.39 is 21.6 Å². The Hall–Kier alpha value is -2.95. The Morgan fingerprint density at radius 2 is 2.00 bits per heavy atom. The van der Waals surface area contributed by atoms with Crippen molar-refractivity contribution in [3.63, 3.8) is 0 Å².